The molecular weight excluding hydrogens is 350 g/mol. The van der Waals surface area contributed by atoms with Gasteiger partial charge in [0.05, 0.1) is 16.9 Å². The van der Waals surface area contributed by atoms with Crippen LogP contribution in [0.3, 0.4) is 0 Å². The molecule has 1 aromatic rings. The molecule has 0 saturated carbocycles. The fourth-order valence-corrected chi connectivity index (χ4v) is 3.19. The van der Waals surface area contributed by atoms with Crippen molar-refractivity contribution >= 4 is 33.7 Å². The van der Waals surface area contributed by atoms with Crippen LogP contribution in [0.25, 0.3) is 0 Å². The third kappa shape index (κ3) is 2.85. The zero-order chi connectivity index (χ0) is 15.7. The van der Waals surface area contributed by atoms with Crippen molar-refractivity contribution in [3.8, 4) is 0 Å². The van der Waals surface area contributed by atoms with Crippen LogP contribution < -0.4 is 4.90 Å². The highest BCUT2D eigenvalue weighted by Gasteiger charge is 2.41. The SMILES string of the molecule is CCN1C(=O)C[C@H](N2CCN(c3ncc(Br)cn3)CC2)C1=O. The second kappa shape index (κ2) is 6.29. The minimum Gasteiger partial charge on any atom is -0.338 e. The lowest BCUT2D eigenvalue weighted by molar-refractivity contribution is -0.139. The summed E-state index contributed by atoms with van der Waals surface area (Å²) in [5, 5.41) is 0. The zero-order valence-electron chi connectivity index (χ0n) is 12.4. The summed E-state index contributed by atoms with van der Waals surface area (Å²) in [6, 6.07) is -0.291. The largest absolute Gasteiger partial charge is 0.338 e. The minimum absolute atomic E-state index is 0.0548. The highest BCUT2D eigenvalue weighted by Crippen LogP contribution is 2.21. The van der Waals surface area contributed by atoms with E-state index in [-0.39, 0.29) is 17.9 Å². The second-order valence-electron chi connectivity index (χ2n) is 5.42. The van der Waals surface area contributed by atoms with Crippen molar-refractivity contribution in [1.82, 2.24) is 19.8 Å². The zero-order valence-corrected chi connectivity index (χ0v) is 14.0. The number of rotatable bonds is 3. The van der Waals surface area contributed by atoms with Gasteiger partial charge in [-0.1, -0.05) is 0 Å². The van der Waals surface area contributed by atoms with Gasteiger partial charge < -0.3 is 4.90 Å². The molecule has 2 amide bonds. The average Bonchev–Trinajstić information content (AvgIpc) is 2.82. The lowest BCUT2D eigenvalue weighted by atomic mass is 10.2. The average molecular weight is 368 g/mol. The van der Waals surface area contributed by atoms with E-state index in [1.165, 1.54) is 4.90 Å². The number of likely N-dealkylation sites (tertiary alicyclic amines) is 1. The third-order valence-electron chi connectivity index (χ3n) is 4.18. The monoisotopic (exact) mass is 367 g/mol. The predicted octanol–water partition coefficient (Wildman–Crippen LogP) is 0.508. The fourth-order valence-electron chi connectivity index (χ4n) is 2.99. The molecule has 2 fully saturated rings. The first-order chi connectivity index (χ1) is 10.6. The summed E-state index contributed by atoms with van der Waals surface area (Å²) < 4.78 is 0.851. The first kappa shape index (κ1) is 15.4. The molecule has 8 heteroatoms. The van der Waals surface area contributed by atoms with E-state index >= 15 is 0 Å². The molecule has 0 unspecified atom stereocenters. The number of amides is 2. The Hall–Kier alpha value is -1.54. The van der Waals surface area contributed by atoms with Crippen LogP contribution in [0.15, 0.2) is 16.9 Å². The van der Waals surface area contributed by atoms with Gasteiger partial charge in [-0.3, -0.25) is 19.4 Å². The maximum Gasteiger partial charge on any atom is 0.247 e. The summed E-state index contributed by atoms with van der Waals surface area (Å²) in [6.45, 7) is 5.28. The molecule has 3 heterocycles. The number of halogens is 1. The number of likely N-dealkylation sites (N-methyl/N-ethyl adjacent to an activating group) is 1. The van der Waals surface area contributed by atoms with Gasteiger partial charge in [-0.2, -0.15) is 0 Å². The normalized spacial score (nSPS) is 23.5. The molecule has 118 valence electrons. The molecule has 0 aliphatic carbocycles. The Bertz CT molecular complexity index is 571. The number of hydrogen-bond donors (Lipinski definition) is 0. The van der Waals surface area contributed by atoms with Gasteiger partial charge in [0, 0.05) is 45.1 Å². The van der Waals surface area contributed by atoms with Crippen LogP contribution in [-0.2, 0) is 9.59 Å². The van der Waals surface area contributed by atoms with E-state index < -0.39 is 0 Å². The molecule has 1 aromatic heterocycles. The summed E-state index contributed by atoms with van der Waals surface area (Å²) in [6.07, 6.45) is 3.77. The molecule has 1 atom stereocenters. The minimum atomic E-state index is -0.291. The Morgan fingerprint density at radius 3 is 2.36 bits per heavy atom. The number of nitrogens with zero attached hydrogens (tertiary/aromatic N) is 5. The molecule has 3 rings (SSSR count). The summed E-state index contributed by atoms with van der Waals surface area (Å²) in [5.74, 6) is 0.587. The van der Waals surface area contributed by atoms with Crippen molar-refractivity contribution < 1.29 is 9.59 Å². The van der Waals surface area contributed by atoms with Gasteiger partial charge >= 0.3 is 0 Å². The molecule has 7 nitrogen and oxygen atoms in total. The van der Waals surface area contributed by atoms with E-state index in [9.17, 15) is 9.59 Å². The first-order valence-electron chi connectivity index (χ1n) is 7.41. The predicted molar refractivity (Wildman–Crippen MR) is 84.3 cm³/mol. The fraction of sp³-hybridized carbons (Fsp3) is 0.571. The Labute approximate surface area is 137 Å². The Morgan fingerprint density at radius 1 is 1.18 bits per heavy atom. The van der Waals surface area contributed by atoms with Crippen LogP contribution in [0.1, 0.15) is 13.3 Å². The molecule has 2 aliphatic rings. The molecular formula is C14H18BrN5O2. The number of anilines is 1. The summed E-state index contributed by atoms with van der Waals surface area (Å²) in [4.78, 5) is 38.2. The molecule has 0 bridgehead atoms. The maximum atomic E-state index is 12.3. The smallest absolute Gasteiger partial charge is 0.247 e. The van der Waals surface area contributed by atoms with Gasteiger partial charge in [-0.25, -0.2) is 9.97 Å². The number of carbonyl (C=O) groups is 2. The number of carbonyl (C=O) groups excluding carboxylic acids is 2. The topological polar surface area (TPSA) is 69.6 Å². The van der Waals surface area contributed by atoms with Crippen molar-refractivity contribution in [3.05, 3.63) is 16.9 Å². The standard InChI is InChI=1S/C14H18BrN5O2/c1-2-20-12(21)7-11(13(20)22)18-3-5-19(6-4-18)14-16-8-10(15)9-17-14/h8-9,11H,2-7H2,1H3/t11-/m0/s1. The number of piperazine rings is 1. The van der Waals surface area contributed by atoms with E-state index in [4.69, 9.17) is 0 Å². The summed E-state index contributed by atoms with van der Waals surface area (Å²) >= 11 is 3.32. The highest BCUT2D eigenvalue weighted by atomic mass is 79.9. The van der Waals surface area contributed by atoms with Crippen LogP contribution in [0.2, 0.25) is 0 Å². The van der Waals surface area contributed by atoms with E-state index in [0.717, 1.165) is 30.7 Å². The summed E-state index contributed by atoms with van der Waals surface area (Å²) in [7, 11) is 0. The van der Waals surface area contributed by atoms with Gasteiger partial charge in [0.15, 0.2) is 0 Å². The van der Waals surface area contributed by atoms with Crippen LogP contribution in [0.5, 0.6) is 0 Å². The van der Waals surface area contributed by atoms with Gasteiger partial charge in [0.25, 0.3) is 0 Å². The quantitative estimate of drug-likeness (QED) is 0.725. The lowest BCUT2D eigenvalue weighted by Gasteiger charge is -2.36. The Kier molecular flexibility index (Phi) is 4.39. The molecule has 0 N–H and O–H groups in total. The van der Waals surface area contributed by atoms with Gasteiger partial charge in [0.2, 0.25) is 17.8 Å². The number of imide groups is 1. The van der Waals surface area contributed by atoms with Gasteiger partial charge in [-0.15, -0.1) is 0 Å². The van der Waals surface area contributed by atoms with Crippen molar-refractivity contribution in [2.24, 2.45) is 0 Å². The van der Waals surface area contributed by atoms with E-state index in [1.54, 1.807) is 12.4 Å². The maximum absolute atomic E-state index is 12.3. The Balaban J connectivity index is 1.61. The van der Waals surface area contributed by atoms with E-state index in [1.807, 2.05) is 6.92 Å². The number of aromatic nitrogens is 2. The number of hydrogen-bond acceptors (Lipinski definition) is 6. The summed E-state index contributed by atoms with van der Waals surface area (Å²) in [5.41, 5.74) is 0. The second-order valence-corrected chi connectivity index (χ2v) is 6.34. The molecule has 22 heavy (non-hydrogen) atoms. The first-order valence-corrected chi connectivity index (χ1v) is 8.20. The molecule has 0 aromatic carbocycles. The molecule has 0 spiro atoms. The van der Waals surface area contributed by atoms with Crippen LogP contribution in [0, 0.1) is 0 Å². The highest BCUT2D eigenvalue weighted by molar-refractivity contribution is 9.10. The lowest BCUT2D eigenvalue weighted by Crippen LogP contribution is -2.53. The van der Waals surface area contributed by atoms with Crippen LogP contribution in [-0.4, -0.2) is 70.3 Å². The van der Waals surface area contributed by atoms with Gasteiger partial charge in [-0.05, 0) is 22.9 Å². The Morgan fingerprint density at radius 2 is 1.82 bits per heavy atom. The van der Waals surface area contributed by atoms with E-state index in [0.29, 0.717) is 18.9 Å². The van der Waals surface area contributed by atoms with Crippen molar-refractivity contribution in [3.63, 3.8) is 0 Å². The molecule has 2 aliphatic heterocycles. The van der Waals surface area contributed by atoms with Crippen molar-refractivity contribution in [1.29, 1.82) is 0 Å². The van der Waals surface area contributed by atoms with Crippen molar-refractivity contribution in [2.75, 3.05) is 37.6 Å². The van der Waals surface area contributed by atoms with Crippen LogP contribution in [0.4, 0.5) is 5.95 Å². The van der Waals surface area contributed by atoms with Crippen molar-refractivity contribution in [2.45, 2.75) is 19.4 Å². The molecule has 0 radical (unpaired) electrons. The third-order valence-corrected chi connectivity index (χ3v) is 4.59. The van der Waals surface area contributed by atoms with Crippen LogP contribution >= 0.6 is 15.9 Å². The van der Waals surface area contributed by atoms with Gasteiger partial charge in [0.1, 0.15) is 0 Å². The van der Waals surface area contributed by atoms with E-state index in [2.05, 4.69) is 35.7 Å². The molecule has 2 saturated heterocycles.